The number of carbonyl (C=O) groups excluding carboxylic acids is 1. The van der Waals surface area contributed by atoms with Crippen LogP contribution in [0.15, 0.2) is 48.2 Å². The molecule has 0 spiro atoms. The Balaban J connectivity index is 1.60. The van der Waals surface area contributed by atoms with Gasteiger partial charge in [0.05, 0.1) is 0 Å². The lowest BCUT2D eigenvalue weighted by atomic mass is 9.93. The van der Waals surface area contributed by atoms with E-state index in [-0.39, 0.29) is 5.91 Å². The van der Waals surface area contributed by atoms with E-state index < -0.39 is 0 Å². The molecule has 1 aromatic heterocycles. The van der Waals surface area contributed by atoms with Crippen molar-refractivity contribution in [2.75, 3.05) is 0 Å². The third-order valence-electron chi connectivity index (χ3n) is 5.90. The summed E-state index contributed by atoms with van der Waals surface area (Å²) >= 11 is 0. The molecule has 4 rings (SSSR count). The first-order valence-corrected chi connectivity index (χ1v) is 10.2. The van der Waals surface area contributed by atoms with Crippen LogP contribution in [0.4, 0.5) is 0 Å². The van der Waals surface area contributed by atoms with Crippen LogP contribution in [-0.4, -0.2) is 16.9 Å². The van der Waals surface area contributed by atoms with Crippen LogP contribution < -0.4 is 5.32 Å². The van der Waals surface area contributed by atoms with Crippen molar-refractivity contribution in [1.29, 1.82) is 0 Å². The van der Waals surface area contributed by atoms with Crippen molar-refractivity contribution in [2.45, 2.75) is 52.5 Å². The van der Waals surface area contributed by atoms with E-state index in [1.165, 1.54) is 40.5 Å². The van der Waals surface area contributed by atoms with E-state index in [1.807, 2.05) is 19.2 Å². The van der Waals surface area contributed by atoms with E-state index in [2.05, 4.69) is 60.5 Å². The lowest BCUT2D eigenvalue weighted by Gasteiger charge is -2.14. The summed E-state index contributed by atoms with van der Waals surface area (Å²) in [5, 5.41) is 4.39. The summed E-state index contributed by atoms with van der Waals surface area (Å²) in [4.78, 5) is 15.8. The Hall–Kier alpha value is -2.81. The molecule has 3 aromatic rings. The average Bonchev–Trinajstić information content (AvgIpc) is 3.35. The maximum atomic E-state index is 12.5. The van der Waals surface area contributed by atoms with Crippen molar-refractivity contribution in [3.63, 3.8) is 0 Å². The number of aromatic nitrogens is 1. The lowest BCUT2D eigenvalue weighted by molar-refractivity contribution is -0.118. The third-order valence-corrected chi connectivity index (χ3v) is 5.90. The fourth-order valence-corrected chi connectivity index (χ4v) is 4.19. The van der Waals surface area contributed by atoms with Crippen molar-refractivity contribution >= 4 is 22.9 Å². The molecule has 1 heterocycles. The Morgan fingerprint density at radius 3 is 2.64 bits per heavy atom. The van der Waals surface area contributed by atoms with Gasteiger partial charge in [-0.2, -0.15) is 0 Å². The number of aromatic amines is 1. The maximum Gasteiger partial charge on any atom is 0.247 e. The third kappa shape index (κ3) is 3.75. The molecule has 1 saturated carbocycles. The highest BCUT2D eigenvalue weighted by atomic mass is 16.1. The van der Waals surface area contributed by atoms with E-state index in [0.29, 0.717) is 6.04 Å². The smallest absolute Gasteiger partial charge is 0.247 e. The van der Waals surface area contributed by atoms with Gasteiger partial charge in [0, 0.05) is 23.3 Å². The van der Waals surface area contributed by atoms with Gasteiger partial charge >= 0.3 is 0 Å². The van der Waals surface area contributed by atoms with Crippen LogP contribution in [0.3, 0.4) is 0 Å². The van der Waals surface area contributed by atoms with E-state index in [1.54, 1.807) is 0 Å². The molecule has 0 atom stereocenters. The molecular weight excluding hydrogens is 344 g/mol. The molecule has 3 heteroatoms. The Morgan fingerprint density at radius 1 is 1.07 bits per heavy atom. The number of benzene rings is 2. The number of fused-ring (bicyclic) bond motifs is 1. The van der Waals surface area contributed by atoms with Crippen molar-refractivity contribution in [2.24, 2.45) is 0 Å². The minimum Gasteiger partial charge on any atom is -0.361 e. The summed E-state index contributed by atoms with van der Waals surface area (Å²) in [6, 6.07) is 13.4. The summed E-state index contributed by atoms with van der Waals surface area (Å²) in [7, 11) is 0. The van der Waals surface area contributed by atoms with Gasteiger partial charge in [-0.25, -0.2) is 0 Å². The van der Waals surface area contributed by atoms with Gasteiger partial charge in [-0.3, -0.25) is 4.79 Å². The summed E-state index contributed by atoms with van der Waals surface area (Å²) in [6.07, 6.45) is 8.66. The van der Waals surface area contributed by atoms with Gasteiger partial charge in [-0.05, 0) is 91.1 Å². The first-order valence-electron chi connectivity index (χ1n) is 10.2. The summed E-state index contributed by atoms with van der Waals surface area (Å²) in [5.74, 6) is 0.0611. The first kappa shape index (κ1) is 18.5. The number of hydrogen-bond donors (Lipinski definition) is 2. The summed E-state index contributed by atoms with van der Waals surface area (Å²) < 4.78 is 0. The summed E-state index contributed by atoms with van der Waals surface area (Å²) in [6.45, 7) is 6.17. The highest BCUT2D eigenvalue weighted by molar-refractivity contribution is 5.97. The molecule has 144 valence electrons. The van der Waals surface area contributed by atoms with Crippen molar-refractivity contribution < 1.29 is 4.79 Å². The van der Waals surface area contributed by atoms with Gasteiger partial charge < -0.3 is 10.3 Å². The largest absolute Gasteiger partial charge is 0.361 e. The zero-order valence-corrected chi connectivity index (χ0v) is 16.9. The minimum absolute atomic E-state index is 0.0611. The SMILES string of the molecule is C/C(=C\c1cc(C)c(-c2ccc3[nH]ccc3c2)cc1C)C(=O)NC1CCCC1. The standard InChI is InChI=1S/C25H28N2O/c1-16-14-23(19-8-9-24-20(15-19)10-11-26-24)17(2)12-21(16)13-18(3)25(28)27-22-6-4-5-7-22/h8-15,22,26H,4-7H2,1-3H3,(H,27,28)/b18-13+. The van der Waals surface area contributed by atoms with Crippen LogP contribution in [0, 0.1) is 13.8 Å². The molecule has 0 bridgehead atoms. The normalized spacial score (nSPS) is 15.3. The Morgan fingerprint density at radius 2 is 1.86 bits per heavy atom. The predicted octanol–water partition coefficient (Wildman–Crippen LogP) is 5.91. The fourth-order valence-electron chi connectivity index (χ4n) is 4.19. The summed E-state index contributed by atoms with van der Waals surface area (Å²) in [5.41, 5.74) is 7.91. The van der Waals surface area contributed by atoms with Crippen LogP contribution in [0.5, 0.6) is 0 Å². The molecule has 1 amide bonds. The lowest BCUT2D eigenvalue weighted by Crippen LogP contribution is -2.33. The topological polar surface area (TPSA) is 44.9 Å². The molecule has 2 aromatic carbocycles. The van der Waals surface area contributed by atoms with Gasteiger partial charge in [0.25, 0.3) is 0 Å². The molecule has 0 aliphatic heterocycles. The Labute approximate surface area is 166 Å². The van der Waals surface area contributed by atoms with Crippen LogP contribution >= 0.6 is 0 Å². The number of nitrogens with one attached hydrogen (secondary N) is 2. The van der Waals surface area contributed by atoms with E-state index >= 15 is 0 Å². The van der Waals surface area contributed by atoms with Gasteiger partial charge in [-0.1, -0.05) is 31.0 Å². The number of amides is 1. The molecule has 2 N–H and O–H groups in total. The minimum atomic E-state index is 0.0611. The predicted molar refractivity (Wildman–Crippen MR) is 117 cm³/mol. The molecule has 3 nitrogen and oxygen atoms in total. The molecule has 0 unspecified atom stereocenters. The van der Waals surface area contributed by atoms with E-state index in [4.69, 9.17) is 0 Å². The molecule has 0 radical (unpaired) electrons. The number of aryl methyl sites for hydroxylation is 2. The van der Waals surface area contributed by atoms with Gasteiger partial charge in [0.2, 0.25) is 5.91 Å². The van der Waals surface area contributed by atoms with Crippen molar-refractivity contribution in [1.82, 2.24) is 10.3 Å². The second kappa shape index (κ2) is 7.67. The van der Waals surface area contributed by atoms with Crippen LogP contribution in [0.25, 0.3) is 28.1 Å². The van der Waals surface area contributed by atoms with Crippen LogP contribution in [0.1, 0.15) is 49.3 Å². The quantitative estimate of drug-likeness (QED) is 0.549. The Bertz CT molecular complexity index is 1050. The highest BCUT2D eigenvalue weighted by Gasteiger charge is 2.18. The first-order chi connectivity index (χ1) is 13.5. The van der Waals surface area contributed by atoms with Crippen molar-refractivity contribution in [3.05, 3.63) is 64.9 Å². The molecule has 28 heavy (non-hydrogen) atoms. The molecule has 1 fully saturated rings. The number of H-pyrrole nitrogens is 1. The molecule has 1 aliphatic carbocycles. The fraction of sp³-hybridized carbons (Fsp3) is 0.320. The highest BCUT2D eigenvalue weighted by Crippen LogP contribution is 2.30. The average molecular weight is 373 g/mol. The monoisotopic (exact) mass is 372 g/mol. The molecule has 0 saturated heterocycles. The van der Waals surface area contributed by atoms with Crippen LogP contribution in [0.2, 0.25) is 0 Å². The zero-order chi connectivity index (χ0) is 19.7. The number of hydrogen-bond acceptors (Lipinski definition) is 1. The van der Waals surface area contributed by atoms with Crippen LogP contribution in [-0.2, 0) is 4.79 Å². The van der Waals surface area contributed by atoms with E-state index in [9.17, 15) is 4.79 Å². The molecular formula is C25H28N2O. The zero-order valence-electron chi connectivity index (χ0n) is 16.9. The second-order valence-electron chi connectivity index (χ2n) is 8.09. The van der Waals surface area contributed by atoms with Crippen molar-refractivity contribution in [3.8, 4) is 11.1 Å². The number of rotatable bonds is 4. The second-order valence-corrected chi connectivity index (χ2v) is 8.09. The van der Waals surface area contributed by atoms with Gasteiger partial charge in [-0.15, -0.1) is 0 Å². The number of carbonyl (C=O) groups is 1. The molecule has 1 aliphatic rings. The maximum absolute atomic E-state index is 12.5. The van der Waals surface area contributed by atoms with Gasteiger partial charge in [0.1, 0.15) is 0 Å². The Kier molecular flexibility index (Phi) is 5.08. The van der Waals surface area contributed by atoms with Gasteiger partial charge in [0.15, 0.2) is 0 Å². The van der Waals surface area contributed by atoms with E-state index in [0.717, 1.165) is 29.5 Å².